The van der Waals surface area contributed by atoms with Crippen LogP contribution in [0.1, 0.15) is 43.7 Å². The van der Waals surface area contributed by atoms with Gasteiger partial charge in [0.25, 0.3) is 5.92 Å². The monoisotopic (exact) mass is 286 g/mol. The lowest BCUT2D eigenvalue weighted by Crippen LogP contribution is -2.31. The van der Waals surface area contributed by atoms with Crippen LogP contribution in [0.3, 0.4) is 0 Å². The Morgan fingerprint density at radius 3 is 2.35 bits per heavy atom. The van der Waals surface area contributed by atoms with Crippen LogP contribution in [-0.2, 0) is 12.3 Å². The molecule has 0 aromatic heterocycles. The Bertz CT molecular complexity index is 515. The molecule has 1 atom stereocenters. The van der Waals surface area contributed by atoms with E-state index in [9.17, 15) is 17.6 Å². The van der Waals surface area contributed by atoms with E-state index in [2.05, 4.69) is 6.92 Å². The summed E-state index contributed by atoms with van der Waals surface area (Å²) in [7, 11) is 0. The summed E-state index contributed by atoms with van der Waals surface area (Å²) >= 11 is 0. The predicted molar refractivity (Wildman–Crippen MR) is 68.6 cm³/mol. The molecule has 110 valence electrons. The van der Waals surface area contributed by atoms with Crippen LogP contribution < -0.4 is 0 Å². The molecule has 0 saturated heterocycles. The summed E-state index contributed by atoms with van der Waals surface area (Å²) in [5.41, 5.74) is -0.418. The Morgan fingerprint density at radius 1 is 1.05 bits per heavy atom. The Labute approximate surface area is 116 Å². The molecule has 0 amide bonds. The van der Waals surface area contributed by atoms with E-state index in [1.807, 2.05) is 0 Å². The second kappa shape index (κ2) is 4.74. The minimum Gasteiger partial charge on any atom is -0.204 e. The lowest BCUT2D eigenvalue weighted by atomic mass is 9.74. The molecule has 20 heavy (non-hydrogen) atoms. The highest BCUT2D eigenvalue weighted by molar-refractivity contribution is 5.39. The van der Waals surface area contributed by atoms with Crippen molar-refractivity contribution in [3.8, 4) is 0 Å². The summed E-state index contributed by atoms with van der Waals surface area (Å²) in [6, 6.07) is 2.27. The summed E-state index contributed by atoms with van der Waals surface area (Å²) in [5, 5.41) is 0. The minimum absolute atomic E-state index is 0.0870. The average molecular weight is 286 g/mol. The van der Waals surface area contributed by atoms with Crippen molar-refractivity contribution in [3.05, 3.63) is 34.9 Å². The number of fused-ring (bicyclic) bond motifs is 1. The fraction of sp³-hybridized carbons (Fsp3) is 0.625. The smallest absolute Gasteiger partial charge is 0.204 e. The van der Waals surface area contributed by atoms with Crippen molar-refractivity contribution >= 4 is 0 Å². The van der Waals surface area contributed by atoms with Crippen LogP contribution in [0, 0.1) is 29.4 Å². The van der Waals surface area contributed by atoms with Crippen LogP contribution in [0.25, 0.3) is 0 Å². The van der Waals surface area contributed by atoms with Gasteiger partial charge in [-0.15, -0.1) is 0 Å². The van der Waals surface area contributed by atoms with Gasteiger partial charge in [0, 0.05) is 5.92 Å². The van der Waals surface area contributed by atoms with Crippen LogP contribution in [0.15, 0.2) is 12.1 Å². The first kappa shape index (κ1) is 13.9. The summed E-state index contributed by atoms with van der Waals surface area (Å²) in [6.45, 7) is 2.13. The van der Waals surface area contributed by atoms with Crippen molar-refractivity contribution in [3.63, 3.8) is 0 Å². The molecule has 3 rings (SSSR count). The maximum Gasteiger partial charge on any atom is 0.279 e. The van der Waals surface area contributed by atoms with Crippen molar-refractivity contribution in [2.24, 2.45) is 17.8 Å². The zero-order valence-electron chi connectivity index (χ0n) is 11.4. The second-order valence-corrected chi connectivity index (χ2v) is 6.35. The van der Waals surface area contributed by atoms with E-state index in [-0.39, 0.29) is 17.9 Å². The largest absolute Gasteiger partial charge is 0.279 e. The Balaban J connectivity index is 1.92. The molecule has 0 spiro atoms. The highest BCUT2D eigenvalue weighted by Crippen LogP contribution is 2.53. The fourth-order valence-corrected chi connectivity index (χ4v) is 3.82. The third kappa shape index (κ3) is 2.04. The zero-order chi connectivity index (χ0) is 14.5. The van der Waals surface area contributed by atoms with Crippen molar-refractivity contribution in [2.75, 3.05) is 0 Å². The van der Waals surface area contributed by atoms with Gasteiger partial charge in [-0.05, 0) is 42.7 Å². The van der Waals surface area contributed by atoms with E-state index in [0.29, 0.717) is 5.92 Å². The molecule has 1 aromatic carbocycles. The van der Waals surface area contributed by atoms with E-state index < -0.39 is 29.0 Å². The summed E-state index contributed by atoms with van der Waals surface area (Å²) in [4.78, 5) is 0. The highest BCUT2D eigenvalue weighted by Gasteiger charge is 2.53. The second-order valence-electron chi connectivity index (χ2n) is 6.35. The van der Waals surface area contributed by atoms with Gasteiger partial charge in [-0.1, -0.05) is 25.8 Å². The highest BCUT2D eigenvalue weighted by atomic mass is 19.3. The topological polar surface area (TPSA) is 0 Å². The van der Waals surface area contributed by atoms with Gasteiger partial charge in [0.2, 0.25) is 0 Å². The van der Waals surface area contributed by atoms with Crippen LogP contribution in [-0.4, -0.2) is 0 Å². The molecular formula is C16H18F4. The van der Waals surface area contributed by atoms with E-state index >= 15 is 0 Å². The zero-order valence-corrected chi connectivity index (χ0v) is 11.4. The van der Waals surface area contributed by atoms with E-state index in [4.69, 9.17) is 0 Å². The van der Waals surface area contributed by atoms with Gasteiger partial charge < -0.3 is 0 Å². The molecule has 2 aliphatic carbocycles. The van der Waals surface area contributed by atoms with Gasteiger partial charge in [0.05, 0.1) is 5.56 Å². The molecule has 0 bridgehead atoms. The third-order valence-electron chi connectivity index (χ3n) is 5.05. The Kier molecular flexibility index (Phi) is 3.30. The third-order valence-corrected chi connectivity index (χ3v) is 5.05. The maximum atomic E-state index is 14.5. The van der Waals surface area contributed by atoms with Crippen LogP contribution in [0.4, 0.5) is 17.6 Å². The Morgan fingerprint density at radius 2 is 1.70 bits per heavy atom. The minimum atomic E-state index is -3.24. The average Bonchev–Trinajstić information content (AvgIpc) is 2.67. The number of hydrogen-bond donors (Lipinski definition) is 0. The van der Waals surface area contributed by atoms with Crippen molar-refractivity contribution in [1.82, 2.24) is 0 Å². The van der Waals surface area contributed by atoms with Gasteiger partial charge in [0.1, 0.15) is 0 Å². The van der Waals surface area contributed by atoms with Gasteiger partial charge in [-0.3, -0.25) is 0 Å². The van der Waals surface area contributed by atoms with Gasteiger partial charge >= 0.3 is 0 Å². The predicted octanol–water partition coefficient (Wildman–Crippen LogP) is 5.06. The number of hydrogen-bond acceptors (Lipinski definition) is 0. The van der Waals surface area contributed by atoms with E-state index in [1.54, 1.807) is 0 Å². The quantitative estimate of drug-likeness (QED) is 0.633. The standard InChI is InChI=1S/C16H18F4/c1-9-2-4-10(5-3-9)12-8-11-6-7-13(17)15(18)14(11)16(12,19)20/h6-7,9-10,12H,2-5,8H2,1H3/t9?,10?,12-/m1/s1. The molecular weight excluding hydrogens is 268 g/mol. The SMILES string of the molecule is CC1CCC([C@H]2Cc3ccc(F)c(F)c3C2(F)F)CC1. The number of alkyl halides is 2. The van der Waals surface area contributed by atoms with Crippen LogP contribution >= 0.6 is 0 Å². The molecule has 0 radical (unpaired) electrons. The molecule has 1 aromatic rings. The molecule has 0 heterocycles. The fourth-order valence-electron chi connectivity index (χ4n) is 3.82. The van der Waals surface area contributed by atoms with Crippen molar-refractivity contribution in [2.45, 2.75) is 45.0 Å². The molecule has 2 aliphatic rings. The molecule has 0 aliphatic heterocycles. The van der Waals surface area contributed by atoms with Crippen LogP contribution in [0.2, 0.25) is 0 Å². The maximum absolute atomic E-state index is 14.5. The first-order valence-corrected chi connectivity index (χ1v) is 7.26. The molecule has 0 unspecified atom stereocenters. The molecule has 1 fully saturated rings. The molecule has 4 heteroatoms. The number of halogens is 4. The van der Waals surface area contributed by atoms with Crippen LogP contribution in [0.5, 0.6) is 0 Å². The van der Waals surface area contributed by atoms with E-state index in [1.165, 1.54) is 6.07 Å². The molecule has 0 nitrogen and oxygen atoms in total. The normalized spacial score (nSPS) is 32.1. The van der Waals surface area contributed by atoms with Crippen molar-refractivity contribution < 1.29 is 17.6 Å². The number of benzene rings is 1. The summed E-state index contributed by atoms with van der Waals surface area (Å²) in [6.07, 6.45) is 3.59. The molecule has 0 N–H and O–H groups in total. The first-order valence-electron chi connectivity index (χ1n) is 7.26. The van der Waals surface area contributed by atoms with Gasteiger partial charge in [0.15, 0.2) is 11.6 Å². The number of rotatable bonds is 1. The van der Waals surface area contributed by atoms with Gasteiger partial charge in [-0.25, -0.2) is 17.6 Å². The van der Waals surface area contributed by atoms with Gasteiger partial charge in [-0.2, -0.15) is 0 Å². The summed E-state index contributed by atoms with van der Waals surface area (Å²) in [5.74, 6) is -6.16. The van der Waals surface area contributed by atoms with E-state index in [0.717, 1.165) is 31.7 Å². The Hall–Kier alpha value is -1.06. The lowest BCUT2D eigenvalue weighted by molar-refractivity contribution is -0.0839. The van der Waals surface area contributed by atoms with Crippen molar-refractivity contribution in [1.29, 1.82) is 0 Å². The first-order chi connectivity index (χ1) is 9.41. The molecule has 1 saturated carbocycles. The summed E-state index contributed by atoms with van der Waals surface area (Å²) < 4.78 is 56.0. The lowest BCUT2D eigenvalue weighted by Gasteiger charge is -2.33.